The second kappa shape index (κ2) is 5.13. The van der Waals surface area contributed by atoms with Gasteiger partial charge in [0.2, 0.25) is 0 Å². The van der Waals surface area contributed by atoms with Gasteiger partial charge >= 0.3 is 7.60 Å². The largest absolute Gasteiger partial charge is 0.359 e. The highest BCUT2D eigenvalue weighted by Crippen LogP contribution is 2.43. The third-order valence-electron chi connectivity index (χ3n) is 2.70. The number of carbonyl (C=O) groups excluding carboxylic acids is 1. The lowest BCUT2D eigenvalue weighted by Crippen LogP contribution is -2.17. The van der Waals surface area contributed by atoms with Gasteiger partial charge in [0, 0.05) is 5.56 Å². The van der Waals surface area contributed by atoms with Gasteiger partial charge in [-0.05, 0) is 44.4 Å². The fraction of sp³-hybridized carbons (Fsp3) is 0.417. The summed E-state index contributed by atoms with van der Waals surface area (Å²) in [6.07, 6.45) is 0.708. The predicted octanol–water partition coefficient (Wildman–Crippen LogP) is 2.27. The summed E-state index contributed by atoms with van der Waals surface area (Å²) in [4.78, 5) is 20.9. The molecule has 1 N–H and O–H groups in total. The fourth-order valence-corrected chi connectivity index (χ4v) is 3.58. The number of rotatable bonds is 4. The highest BCUT2D eigenvalue weighted by molar-refractivity contribution is 7.61. The van der Waals surface area contributed by atoms with Crippen molar-refractivity contribution in [3.05, 3.63) is 28.3 Å². The van der Waals surface area contributed by atoms with Crippen LogP contribution in [0.3, 0.4) is 0 Å². The minimum atomic E-state index is -3.84. The van der Waals surface area contributed by atoms with Crippen molar-refractivity contribution in [3.63, 3.8) is 0 Å². The second-order valence-corrected chi connectivity index (χ2v) is 5.70. The highest BCUT2D eigenvalue weighted by Gasteiger charge is 2.28. The third-order valence-corrected chi connectivity index (χ3v) is 4.56. The van der Waals surface area contributed by atoms with Crippen molar-refractivity contribution >= 4 is 19.2 Å². The summed E-state index contributed by atoms with van der Waals surface area (Å²) >= 11 is 0. The second-order valence-electron chi connectivity index (χ2n) is 3.95. The van der Waals surface area contributed by atoms with Crippen molar-refractivity contribution < 1.29 is 18.8 Å². The molecule has 0 heterocycles. The van der Waals surface area contributed by atoms with Crippen molar-refractivity contribution in [3.8, 4) is 0 Å². The zero-order chi connectivity index (χ0) is 13.2. The average molecular weight is 256 g/mol. The molecule has 4 nitrogen and oxygen atoms in total. The first-order chi connectivity index (χ1) is 7.85. The molecule has 0 aromatic heterocycles. The number of carbonyl (C=O) groups is 1. The SMILES string of the molecule is CCOP(=O)(O)c1c(C)cc(C)c(C=O)c1C. The Morgan fingerprint density at radius 2 is 1.94 bits per heavy atom. The summed E-state index contributed by atoms with van der Waals surface area (Å²) in [5.41, 5.74) is 2.46. The first-order valence-electron chi connectivity index (χ1n) is 5.39. The molecule has 0 saturated heterocycles. The first kappa shape index (κ1) is 14.1. The smallest absolute Gasteiger partial charge is 0.321 e. The molecule has 1 aromatic rings. The highest BCUT2D eigenvalue weighted by atomic mass is 31.2. The maximum atomic E-state index is 12.1. The van der Waals surface area contributed by atoms with E-state index in [1.807, 2.05) is 0 Å². The lowest BCUT2D eigenvalue weighted by atomic mass is 10.0. The number of aryl methyl sites for hydroxylation is 2. The topological polar surface area (TPSA) is 63.6 Å². The van der Waals surface area contributed by atoms with Crippen LogP contribution >= 0.6 is 7.60 Å². The van der Waals surface area contributed by atoms with Gasteiger partial charge in [-0.15, -0.1) is 0 Å². The van der Waals surface area contributed by atoms with E-state index in [2.05, 4.69) is 0 Å². The van der Waals surface area contributed by atoms with Crippen molar-refractivity contribution in [1.29, 1.82) is 0 Å². The third kappa shape index (κ3) is 2.65. The van der Waals surface area contributed by atoms with E-state index in [0.29, 0.717) is 23.0 Å². The van der Waals surface area contributed by atoms with Crippen LogP contribution in [-0.4, -0.2) is 17.8 Å². The van der Waals surface area contributed by atoms with Crippen molar-refractivity contribution in [2.24, 2.45) is 0 Å². The summed E-state index contributed by atoms with van der Waals surface area (Å²) in [5.74, 6) is 0. The zero-order valence-corrected chi connectivity index (χ0v) is 11.4. The van der Waals surface area contributed by atoms with Crippen LogP contribution in [0.5, 0.6) is 0 Å². The molecule has 0 aliphatic rings. The first-order valence-corrected chi connectivity index (χ1v) is 6.96. The van der Waals surface area contributed by atoms with Gasteiger partial charge in [-0.1, -0.05) is 6.07 Å². The molecule has 94 valence electrons. The lowest BCUT2D eigenvalue weighted by molar-refractivity contribution is 0.112. The Morgan fingerprint density at radius 3 is 2.41 bits per heavy atom. The Kier molecular flexibility index (Phi) is 4.26. The summed E-state index contributed by atoms with van der Waals surface area (Å²) < 4.78 is 17.0. The van der Waals surface area contributed by atoms with E-state index in [1.165, 1.54) is 0 Å². The maximum Gasteiger partial charge on any atom is 0.359 e. The number of aldehydes is 1. The molecule has 0 spiro atoms. The molecule has 1 atom stereocenters. The Morgan fingerprint density at radius 1 is 1.35 bits per heavy atom. The number of hydrogen-bond donors (Lipinski definition) is 1. The van der Waals surface area contributed by atoms with Crippen molar-refractivity contribution in [2.45, 2.75) is 27.7 Å². The summed E-state index contributed by atoms with van der Waals surface area (Å²) in [5, 5.41) is 0.243. The molecule has 5 heteroatoms. The molecular formula is C12H17O4P. The molecule has 1 unspecified atom stereocenters. The van der Waals surface area contributed by atoms with Crippen LogP contribution in [0.15, 0.2) is 6.07 Å². The molecule has 0 saturated carbocycles. The van der Waals surface area contributed by atoms with Crippen LogP contribution in [0.4, 0.5) is 0 Å². The number of benzene rings is 1. The van der Waals surface area contributed by atoms with Gasteiger partial charge in [0.1, 0.15) is 0 Å². The normalized spacial score (nSPS) is 14.4. The Balaban J connectivity index is 3.54. The van der Waals surface area contributed by atoms with E-state index in [1.54, 1.807) is 33.8 Å². The Bertz CT molecular complexity index is 494. The van der Waals surface area contributed by atoms with Crippen molar-refractivity contribution in [2.75, 3.05) is 6.61 Å². The van der Waals surface area contributed by atoms with Crippen LogP contribution < -0.4 is 5.30 Å². The lowest BCUT2D eigenvalue weighted by Gasteiger charge is -2.18. The molecule has 0 amide bonds. The summed E-state index contributed by atoms with van der Waals surface area (Å²) in [6.45, 7) is 7.02. The van der Waals surface area contributed by atoms with Gasteiger partial charge in [-0.2, -0.15) is 0 Å². The van der Waals surface area contributed by atoms with E-state index < -0.39 is 7.60 Å². The summed E-state index contributed by atoms with van der Waals surface area (Å²) in [7, 11) is -3.84. The van der Waals surface area contributed by atoms with Gasteiger partial charge in [-0.3, -0.25) is 9.36 Å². The van der Waals surface area contributed by atoms with Crippen LogP contribution in [0.2, 0.25) is 0 Å². The van der Waals surface area contributed by atoms with Crippen LogP contribution in [0.25, 0.3) is 0 Å². The van der Waals surface area contributed by atoms with Crippen LogP contribution in [0, 0.1) is 20.8 Å². The zero-order valence-electron chi connectivity index (χ0n) is 10.5. The molecule has 1 aromatic carbocycles. The summed E-state index contributed by atoms with van der Waals surface area (Å²) in [6, 6.07) is 1.73. The van der Waals surface area contributed by atoms with Gasteiger partial charge in [0.25, 0.3) is 0 Å². The van der Waals surface area contributed by atoms with E-state index >= 15 is 0 Å². The molecule has 1 rings (SSSR count). The molecule has 0 aliphatic carbocycles. The van der Waals surface area contributed by atoms with E-state index in [-0.39, 0.29) is 11.9 Å². The van der Waals surface area contributed by atoms with Crippen LogP contribution in [-0.2, 0) is 9.09 Å². The quantitative estimate of drug-likeness (QED) is 0.663. The molecule has 17 heavy (non-hydrogen) atoms. The van der Waals surface area contributed by atoms with Gasteiger partial charge < -0.3 is 9.42 Å². The predicted molar refractivity (Wildman–Crippen MR) is 67.1 cm³/mol. The van der Waals surface area contributed by atoms with E-state index in [9.17, 15) is 14.3 Å². The molecule has 0 aliphatic heterocycles. The molecule has 0 fully saturated rings. The van der Waals surface area contributed by atoms with Gasteiger partial charge in [-0.25, -0.2) is 0 Å². The minimum Gasteiger partial charge on any atom is -0.321 e. The average Bonchev–Trinajstić information content (AvgIpc) is 2.16. The molecule has 0 bridgehead atoms. The monoisotopic (exact) mass is 256 g/mol. The van der Waals surface area contributed by atoms with Crippen LogP contribution in [0.1, 0.15) is 34.0 Å². The standard InChI is InChI=1S/C12H17O4P/c1-5-16-17(14,15)12-9(3)6-8(2)11(7-13)10(12)4/h6-7H,5H2,1-4H3,(H,14,15). The van der Waals surface area contributed by atoms with E-state index in [0.717, 1.165) is 5.56 Å². The van der Waals surface area contributed by atoms with Gasteiger partial charge in [0.05, 0.1) is 11.9 Å². The Labute approximate surface area is 101 Å². The van der Waals surface area contributed by atoms with Gasteiger partial charge in [0.15, 0.2) is 6.29 Å². The number of hydrogen-bond acceptors (Lipinski definition) is 3. The van der Waals surface area contributed by atoms with Crippen molar-refractivity contribution in [1.82, 2.24) is 0 Å². The van der Waals surface area contributed by atoms with E-state index in [4.69, 9.17) is 4.52 Å². The fourth-order valence-electron chi connectivity index (χ4n) is 2.05. The molecular weight excluding hydrogens is 239 g/mol. The minimum absolute atomic E-state index is 0.150. The maximum absolute atomic E-state index is 12.1. The Hall–Kier alpha value is -0.960. The molecule has 0 radical (unpaired) electrons.